The molecule has 1 N–H and O–H groups in total. The third kappa shape index (κ3) is 2.35. The van der Waals surface area contributed by atoms with Gasteiger partial charge in [0.15, 0.2) is 5.82 Å². The quantitative estimate of drug-likeness (QED) is 0.931. The molecule has 0 bridgehead atoms. The number of rotatable bonds is 3. The van der Waals surface area contributed by atoms with E-state index in [1.807, 2.05) is 13.8 Å². The standard InChI is InChI=1S/C14H21N3O2S/c1-7-8(2)19-9(3)10(7)11(18)15-13-16-12(17-20-13)14(4)5-6-14/h7-10H,5-6H2,1-4H3,(H,15,16,17,18). The zero-order chi connectivity index (χ0) is 14.5. The highest BCUT2D eigenvalue weighted by Gasteiger charge is 2.44. The largest absolute Gasteiger partial charge is 0.374 e. The molecule has 0 spiro atoms. The van der Waals surface area contributed by atoms with Gasteiger partial charge in [-0.25, -0.2) is 4.98 Å². The fourth-order valence-corrected chi connectivity index (χ4v) is 3.55. The van der Waals surface area contributed by atoms with Crippen LogP contribution in [-0.2, 0) is 14.9 Å². The number of ether oxygens (including phenoxy) is 1. The molecule has 4 atom stereocenters. The molecule has 2 heterocycles. The second-order valence-electron chi connectivity index (χ2n) is 6.40. The van der Waals surface area contributed by atoms with Gasteiger partial charge >= 0.3 is 0 Å². The summed E-state index contributed by atoms with van der Waals surface area (Å²) in [5.41, 5.74) is 0.144. The first-order valence-electron chi connectivity index (χ1n) is 7.21. The Balaban J connectivity index is 1.68. The minimum absolute atomic E-state index is 0.00185. The Morgan fingerprint density at radius 2 is 2.05 bits per heavy atom. The maximum absolute atomic E-state index is 12.4. The van der Waals surface area contributed by atoms with Crippen molar-refractivity contribution < 1.29 is 9.53 Å². The molecule has 1 amide bonds. The van der Waals surface area contributed by atoms with Gasteiger partial charge in [0.05, 0.1) is 18.1 Å². The van der Waals surface area contributed by atoms with Gasteiger partial charge in [0.2, 0.25) is 11.0 Å². The van der Waals surface area contributed by atoms with Crippen LogP contribution in [0.15, 0.2) is 0 Å². The van der Waals surface area contributed by atoms with Gasteiger partial charge in [-0.1, -0.05) is 13.8 Å². The Morgan fingerprint density at radius 3 is 2.60 bits per heavy atom. The molecule has 1 aromatic heterocycles. The van der Waals surface area contributed by atoms with Gasteiger partial charge in [-0.15, -0.1) is 0 Å². The minimum Gasteiger partial charge on any atom is -0.374 e. The summed E-state index contributed by atoms with van der Waals surface area (Å²) in [7, 11) is 0. The van der Waals surface area contributed by atoms with Gasteiger partial charge in [-0.2, -0.15) is 4.37 Å². The second kappa shape index (κ2) is 4.77. The third-order valence-electron chi connectivity index (χ3n) is 4.74. The molecule has 110 valence electrons. The molecule has 20 heavy (non-hydrogen) atoms. The lowest BCUT2D eigenvalue weighted by Crippen LogP contribution is -2.32. The number of aromatic nitrogens is 2. The zero-order valence-electron chi connectivity index (χ0n) is 12.3. The van der Waals surface area contributed by atoms with E-state index in [0.717, 1.165) is 18.7 Å². The summed E-state index contributed by atoms with van der Waals surface area (Å²) < 4.78 is 10.1. The van der Waals surface area contributed by atoms with E-state index in [-0.39, 0.29) is 35.4 Å². The third-order valence-corrected chi connectivity index (χ3v) is 5.37. The van der Waals surface area contributed by atoms with E-state index in [4.69, 9.17) is 4.74 Å². The number of carbonyl (C=O) groups excluding carboxylic acids is 1. The monoisotopic (exact) mass is 295 g/mol. The van der Waals surface area contributed by atoms with E-state index in [9.17, 15) is 4.79 Å². The molecular formula is C14H21N3O2S. The van der Waals surface area contributed by atoms with Crippen LogP contribution in [0.2, 0.25) is 0 Å². The smallest absolute Gasteiger partial charge is 0.232 e. The summed E-state index contributed by atoms with van der Waals surface area (Å²) >= 11 is 1.27. The molecule has 1 aliphatic carbocycles. The van der Waals surface area contributed by atoms with Crippen LogP contribution in [0.3, 0.4) is 0 Å². The van der Waals surface area contributed by atoms with Gasteiger partial charge in [-0.3, -0.25) is 4.79 Å². The Bertz CT molecular complexity index is 526. The molecule has 1 saturated carbocycles. The zero-order valence-corrected chi connectivity index (χ0v) is 13.2. The number of hydrogen-bond acceptors (Lipinski definition) is 5. The summed E-state index contributed by atoms with van der Waals surface area (Å²) in [6, 6.07) is 0. The molecule has 5 nitrogen and oxygen atoms in total. The first-order chi connectivity index (χ1) is 9.40. The van der Waals surface area contributed by atoms with Crippen molar-refractivity contribution in [1.29, 1.82) is 0 Å². The molecule has 1 saturated heterocycles. The average Bonchev–Trinajstić information content (AvgIpc) is 2.84. The molecule has 0 aromatic carbocycles. The summed E-state index contributed by atoms with van der Waals surface area (Å²) in [6.07, 6.45) is 2.35. The fraction of sp³-hybridized carbons (Fsp3) is 0.786. The van der Waals surface area contributed by atoms with Crippen LogP contribution in [0, 0.1) is 11.8 Å². The molecule has 1 aromatic rings. The van der Waals surface area contributed by atoms with Crippen molar-refractivity contribution in [2.75, 3.05) is 5.32 Å². The summed E-state index contributed by atoms with van der Waals surface area (Å²) in [5, 5.41) is 3.52. The molecule has 0 radical (unpaired) electrons. The van der Waals surface area contributed by atoms with Crippen LogP contribution in [0.1, 0.15) is 46.4 Å². The van der Waals surface area contributed by atoms with Crippen molar-refractivity contribution in [2.45, 2.75) is 58.2 Å². The van der Waals surface area contributed by atoms with Crippen LogP contribution in [0.4, 0.5) is 5.13 Å². The molecule has 1 aliphatic heterocycles. The number of nitrogens with one attached hydrogen (secondary N) is 1. The van der Waals surface area contributed by atoms with Gasteiger partial charge < -0.3 is 10.1 Å². The van der Waals surface area contributed by atoms with E-state index in [1.165, 1.54) is 11.5 Å². The van der Waals surface area contributed by atoms with Gasteiger partial charge in [0, 0.05) is 16.9 Å². The Labute approximate surface area is 123 Å². The van der Waals surface area contributed by atoms with Crippen molar-refractivity contribution in [2.24, 2.45) is 11.8 Å². The first-order valence-corrected chi connectivity index (χ1v) is 7.98. The van der Waals surface area contributed by atoms with Gasteiger partial charge in [0.25, 0.3) is 0 Å². The summed E-state index contributed by atoms with van der Waals surface area (Å²) in [5.74, 6) is 0.972. The molecule has 4 unspecified atom stereocenters. The van der Waals surface area contributed by atoms with E-state index >= 15 is 0 Å². The maximum Gasteiger partial charge on any atom is 0.232 e. The van der Waals surface area contributed by atoms with E-state index in [2.05, 4.69) is 28.5 Å². The molecule has 2 aliphatic rings. The molecule has 2 fully saturated rings. The molecule has 6 heteroatoms. The van der Waals surface area contributed by atoms with Crippen LogP contribution < -0.4 is 5.32 Å². The highest BCUT2D eigenvalue weighted by molar-refractivity contribution is 7.09. The van der Waals surface area contributed by atoms with Crippen LogP contribution in [-0.4, -0.2) is 27.5 Å². The predicted octanol–water partition coefficient (Wildman–Crippen LogP) is 2.59. The molecule has 3 rings (SSSR count). The lowest BCUT2D eigenvalue weighted by atomic mass is 9.89. The SMILES string of the molecule is CC1OC(C)C(C(=O)Nc2nc(C3(C)CC3)ns2)C1C. The van der Waals surface area contributed by atoms with E-state index in [1.54, 1.807) is 0 Å². The summed E-state index contributed by atoms with van der Waals surface area (Å²) in [6.45, 7) is 8.21. The van der Waals surface area contributed by atoms with Crippen molar-refractivity contribution in [3.05, 3.63) is 5.82 Å². The highest BCUT2D eigenvalue weighted by atomic mass is 32.1. The van der Waals surface area contributed by atoms with Crippen molar-refractivity contribution in [3.8, 4) is 0 Å². The maximum atomic E-state index is 12.4. The topological polar surface area (TPSA) is 64.1 Å². The van der Waals surface area contributed by atoms with E-state index < -0.39 is 0 Å². The minimum atomic E-state index is -0.117. The molecular weight excluding hydrogens is 274 g/mol. The second-order valence-corrected chi connectivity index (χ2v) is 7.16. The highest BCUT2D eigenvalue weighted by Crippen LogP contribution is 2.46. The normalized spacial score (nSPS) is 35.0. The Morgan fingerprint density at radius 1 is 1.35 bits per heavy atom. The number of anilines is 1. The van der Waals surface area contributed by atoms with Crippen molar-refractivity contribution in [3.63, 3.8) is 0 Å². The van der Waals surface area contributed by atoms with Crippen molar-refractivity contribution >= 4 is 22.6 Å². The van der Waals surface area contributed by atoms with Crippen LogP contribution in [0.25, 0.3) is 0 Å². The van der Waals surface area contributed by atoms with Crippen LogP contribution >= 0.6 is 11.5 Å². The van der Waals surface area contributed by atoms with Gasteiger partial charge in [-0.05, 0) is 32.6 Å². The van der Waals surface area contributed by atoms with Crippen LogP contribution in [0.5, 0.6) is 0 Å². The summed E-state index contributed by atoms with van der Waals surface area (Å²) in [4.78, 5) is 16.9. The number of nitrogens with zero attached hydrogens (tertiary/aromatic N) is 2. The number of hydrogen-bond donors (Lipinski definition) is 1. The fourth-order valence-electron chi connectivity index (χ4n) is 2.84. The predicted molar refractivity (Wildman–Crippen MR) is 77.8 cm³/mol. The van der Waals surface area contributed by atoms with E-state index in [0.29, 0.717) is 5.13 Å². The van der Waals surface area contributed by atoms with Gasteiger partial charge in [0.1, 0.15) is 0 Å². The lowest BCUT2D eigenvalue weighted by molar-refractivity contribution is -0.121. The first kappa shape index (κ1) is 13.9. The average molecular weight is 295 g/mol. The number of carbonyl (C=O) groups is 1. The lowest BCUT2D eigenvalue weighted by Gasteiger charge is -2.16. The Hall–Kier alpha value is -1.01. The number of amides is 1. The van der Waals surface area contributed by atoms with Crippen molar-refractivity contribution in [1.82, 2.24) is 9.36 Å². The Kier molecular flexibility index (Phi) is 3.33.